The Balaban J connectivity index is 1.54. The third-order valence-corrected chi connectivity index (χ3v) is 5.91. The maximum absolute atomic E-state index is 6.21. The first-order chi connectivity index (χ1) is 16.3. The molecule has 7 rings (SSSR count). The number of rotatable bonds is 3. The third kappa shape index (κ3) is 2.78. The molecule has 6 heteroatoms. The number of hydrogen-bond donors (Lipinski definition) is 1. The number of benzene rings is 4. The van der Waals surface area contributed by atoms with Gasteiger partial charge >= 0.3 is 0 Å². The van der Waals surface area contributed by atoms with Gasteiger partial charge in [0.05, 0.1) is 22.1 Å². The maximum atomic E-state index is 6.21. The fourth-order valence-corrected chi connectivity index (χ4v) is 4.35. The van der Waals surface area contributed by atoms with Gasteiger partial charge in [-0.3, -0.25) is 4.57 Å². The van der Waals surface area contributed by atoms with Crippen molar-refractivity contribution in [3.8, 4) is 28.5 Å². The zero-order valence-electron chi connectivity index (χ0n) is 17.4. The molecule has 0 atom stereocenters. The van der Waals surface area contributed by atoms with Crippen LogP contribution in [0.4, 0.5) is 0 Å². The molecule has 33 heavy (non-hydrogen) atoms. The molecule has 7 aromatic rings. The lowest BCUT2D eigenvalue weighted by Gasteiger charge is -2.08. The molecular formula is C27H17N5O. The van der Waals surface area contributed by atoms with Crippen LogP contribution in [-0.4, -0.2) is 24.5 Å². The van der Waals surface area contributed by atoms with Gasteiger partial charge in [0.1, 0.15) is 23.2 Å². The van der Waals surface area contributed by atoms with Gasteiger partial charge in [0, 0.05) is 11.3 Å². The van der Waals surface area contributed by atoms with E-state index in [9.17, 15) is 0 Å². The highest BCUT2D eigenvalue weighted by Crippen LogP contribution is 2.38. The number of para-hydroxylation sites is 5. The second-order valence-electron chi connectivity index (χ2n) is 7.90. The van der Waals surface area contributed by atoms with Gasteiger partial charge in [0.15, 0.2) is 5.58 Å². The van der Waals surface area contributed by atoms with Crippen molar-refractivity contribution in [2.45, 2.75) is 0 Å². The fraction of sp³-hybridized carbons (Fsp3) is 0. The predicted octanol–water partition coefficient (Wildman–Crippen LogP) is 6.38. The van der Waals surface area contributed by atoms with E-state index >= 15 is 0 Å². The molecular weight excluding hydrogens is 410 g/mol. The van der Waals surface area contributed by atoms with Crippen molar-refractivity contribution >= 4 is 33.2 Å². The van der Waals surface area contributed by atoms with Crippen molar-refractivity contribution in [3.63, 3.8) is 0 Å². The van der Waals surface area contributed by atoms with E-state index in [2.05, 4.69) is 33.8 Å². The third-order valence-electron chi connectivity index (χ3n) is 5.91. The molecule has 0 spiro atoms. The SMILES string of the molecule is c1ccc(-n2cnc3c(-c4nc5ccccc5o4)c(-c4nc5ccccc5[nH]4)ccc32)cc1. The van der Waals surface area contributed by atoms with Crippen molar-refractivity contribution in [2.75, 3.05) is 0 Å². The quantitative estimate of drug-likeness (QED) is 0.355. The van der Waals surface area contributed by atoms with Crippen LogP contribution in [0.25, 0.3) is 61.7 Å². The summed E-state index contributed by atoms with van der Waals surface area (Å²) in [5.41, 5.74) is 7.96. The van der Waals surface area contributed by atoms with Crippen LogP contribution in [0.1, 0.15) is 0 Å². The van der Waals surface area contributed by atoms with Gasteiger partial charge in [-0.15, -0.1) is 0 Å². The van der Waals surface area contributed by atoms with E-state index in [1.807, 2.05) is 73.1 Å². The molecule has 3 aromatic heterocycles. The van der Waals surface area contributed by atoms with E-state index in [0.717, 1.165) is 55.8 Å². The Hall–Kier alpha value is -4.71. The molecule has 6 nitrogen and oxygen atoms in total. The molecule has 156 valence electrons. The Bertz CT molecular complexity index is 1710. The largest absolute Gasteiger partial charge is 0.436 e. The molecule has 0 aliphatic carbocycles. The Morgan fingerprint density at radius 3 is 2.36 bits per heavy atom. The zero-order chi connectivity index (χ0) is 21.8. The molecule has 0 bridgehead atoms. The van der Waals surface area contributed by atoms with Crippen molar-refractivity contribution < 1.29 is 4.42 Å². The summed E-state index contributed by atoms with van der Waals surface area (Å²) in [5, 5.41) is 0. The smallest absolute Gasteiger partial charge is 0.230 e. The summed E-state index contributed by atoms with van der Waals surface area (Å²) in [6.45, 7) is 0. The van der Waals surface area contributed by atoms with E-state index in [4.69, 9.17) is 19.4 Å². The van der Waals surface area contributed by atoms with Crippen LogP contribution in [0.15, 0.2) is 102 Å². The van der Waals surface area contributed by atoms with Crippen LogP contribution in [0, 0.1) is 0 Å². The number of aromatic amines is 1. The van der Waals surface area contributed by atoms with E-state index in [-0.39, 0.29) is 0 Å². The minimum absolute atomic E-state index is 0.524. The lowest BCUT2D eigenvalue weighted by molar-refractivity contribution is 0.620. The van der Waals surface area contributed by atoms with Crippen LogP contribution in [-0.2, 0) is 0 Å². The summed E-state index contributed by atoms with van der Waals surface area (Å²) < 4.78 is 8.28. The Labute approximate surface area is 188 Å². The molecule has 0 unspecified atom stereocenters. The molecule has 0 saturated heterocycles. The summed E-state index contributed by atoms with van der Waals surface area (Å²) >= 11 is 0. The highest BCUT2D eigenvalue weighted by atomic mass is 16.3. The van der Waals surface area contributed by atoms with E-state index in [1.54, 1.807) is 0 Å². The van der Waals surface area contributed by atoms with E-state index in [1.165, 1.54) is 0 Å². The van der Waals surface area contributed by atoms with Gasteiger partial charge in [0.2, 0.25) is 5.89 Å². The van der Waals surface area contributed by atoms with Gasteiger partial charge in [-0.05, 0) is 48.5 Å². The summed E-state index contributed by atoms with van der Waals surface area (Å²) in [7, 11) is 0. The second kappa shape index (κ2) is 6.90. The Morgan fingerprint density at radius 2 is 1.52 bits per heavy atom. The summed E-state index contributed by atoms with van der Waals surface area (Å²) in [6.07, 6.45) is 1.84. The molecule has 0 radical (unpaired) electrons. The summed E-state index contributed by atoms with van der Waals surface area (Å²) in [6, 6.07) is 30.1. The Morgan fingerprint density at radius 1 is 0.727 bits per heavy atom. The minimum atomic E-state index is 0.524. The number of H-pyrrole nitrogens is 1. The van der Waals surface area contributed by atoms with Gasteiger partial charge in [-0.1, -0.05) is 42.5 Å². The molecule has 3 heterocycles. The van der Waals surface area contributed by atoms with Crippen molar-refractivity contribution in [2.24, 2.45) is 0 Å². The molecule has 0 aliphatic rings. The number of nitrogens with one attached hydrogen (secondary N) is 1. The number of fused-ring (bicyclic) bond motifs is 3. The molecule has 4 aromatic carbocycles. The highest BCUT2D eigenvalue weighted by molar-refractivity contribution is 6.00. The monoisotopic (exact) mass is 427 g/mol. The Kier molecular flexibility index (Phi) is 3.75. The van der Waals surface area contributed by atoms with Gasteiger partial charge < -0.3 is 9.40 Å². The van der Waals surface area contributed by atoms with Crippen LogP contribution in [0.5, 0.6) is 0 Å². The number of imidazole rings is 2. The molecule has 0 fully saturated rings. The minimum Gasteiger partial charge on any atom is -0.436 e. The van der Waals surface area contributed by atoms with Crippen molar-refractivity contribution in [1.82, 2.24) is 24.5 Å². The summed E-state index contributed by atoms with van der Waals surface area (Å²) in [4.78, 5) is 17.9. The van der Waals surface area contributed by atoms with E-state index < -0.39 is 0 Å². The first-order valence-corrected chi connectivity index (χ1v) is 10.7. The lowest BCUT2D eigenvalue weighted by atomic mass is 10.0. The topological polar surface area (TPSA) is 72.5 Å². The van der Waals surface area contributed by atoms with Gasteiger partial charge in [0.25, 0.3) is 0 Å². The predicted molar refractivity (Wildman–Crippen MR) is 129 cm³/mol. The number of oxazole rings is 1. The molecule has 0 saturated carbocycles. The van der Waals surface area contributed by atoms with Gasteiger partial charge in [-0.25, -0.2) is 15.0 Å². The molecule has 0 amide bonds. The number of nitrogens with zero attached hydrogens (tertiary/aromatic N) is 4. The van der Waals surface area contributed by atoms with Gasteiger partial charge in [-0.2, -0.15) is 0 Å². The normalized spacial score (nSPS) is 11.6. The zero-order valence-corrected chi connectivity index (χ0v) is 17.4. The average Bonchev–Trinajstić information content (AvgIpc) is 3.59. The maximum Gasteiger partial charge on any atom is 0.230 e. The van der Waals surface area contributed by atoms with Crippen molar-refractivity contribution in [1.29, 1.82) is 0 Å². The lowest BCUT2D eigenvalue weighted by Crippen LogP contribution is -1.93. The number of hydrogen-bond acceptors (Lipinski definition) is 4. The van der Waals surface area contributed by atoms with Crippen LogP contribution in [0.2, 0.25) is 0 Å². The van der Waals surface area contributed by atoms with Crippen molar-refractivity contribution in [3.05, 3.63) is 97.3 Å². The summed E-state index contributed by atoms with van der Waals surface area (Å²) in [5.74, 6) is 1.28. The first-order valence-electron chi connectivity index (χ1n) is 10.7. The van der Waals surface area contributed by atoms with Crippen LogP contribution in [0.3, 0.4) is 0 Å². The first kappa shape index (κ1) is 17.9. The average molecular weight is 427 g/mol. The molecule has 0 aliphatic heterocycles. The standard InChI is InChI=1S/C27H17N5O/c1-2-8-17(9-3-1)32-16-28-25-22(32)15-14-18(26-29-19-10-4-5-11-20(19)30-26)24(25)27-31-21-12-6-7-13-23(21)33-27/h1-16H,(H,29,30). The highest BCUT2D eigenvalue weighted by Gasteiger charge is 2.22. The van der Waals surface area contributed by atoms with Crippen LogP contribution < -0.4 is 0 Å². The number of aromatic nitrogens is 5. The van der Waals surface area contributed by atoms with E-state index in [0.29, 0.717) is 5.89 Å². The molecule has 1 N–H and O–H groups in total. The second-order valence-corrected chi connectivity index (χ2v) is 7.90. The van der Waals surface area contributed by atoms with Crippen LogP contribution >= 0.6 is 0 Å². The fourth-order valence-electron chi connectivity index (χ4n) is 4.35.